The molecule has 5 nitrogen and oxygen atoms in total. The van der Waals surface area contributed by atoms with Gasteiger partial charge in [-0.25, -0.2) is 0 Å². The second kappa shape index (κ2) is 7.55. The molecule has 1 amide bonds. The van der Waals surface area contributed by atoms with Gasteiger partial charge < -0.3 is 15.4 Å². The number of nitrogens with one attached hydrogen (secondary N) is 2. The van der Waals surface area contributed by atoms with Crippen molar-refractivity contribution in [3.05, 3.63) is 28.8 Å². The standard InChI is InChI=1S/C15H21ClN2O3S/c1-21-15(5-7-17-8-6-15)14(19)18-12-3-4-13(16)11(9-12)10-22(2)20/h3-4,9,17H,5-8,10H2,1-2H3,(H,18,19). The lowest BCUT2D eigenvalue weighted by molar-refractivity contribution is -0.140. The second-order valence-corrected chi connectivity index (χ2v) is 7.27. The third kappa shape index (κ3) is 4.07. The van der Waals surface area contributed by atoms with Crippen LogP contribution in [0.1, 0.15) is 18.4 Å². The largest absolute Gasteiger partial charge is 0.368 e. The fourth-order valence-electron chi connectivity index (χ4n) is 2.58. The Balaban J connectivity index is 2.15. The Morgan fingerprint density at radius 2 is 2.14 bits per heavy atom. The van der Waals surface area contributed by atoms with Crippen molar-refractivity contribution >= 4 is 34.0 Å². The Morgan fingerprint density at radius 1 is 1.45 bits per heavy atom. The maximum Gasteiger partial charge on any atom is 0.256 e. The number of carbonyl (C=O) groups excluding carboxylic acids is 1. The van der Waals surface area contributed by atoms with E-state index in [2.05, 4.69) is 10.6 Å². The summed E-state index contributed by atoms with van der Waals surface area (Å²) < 4.78 is 16.9. The lowest BCUT2D eigenvalue weighted by Crippen LogP contribution is -2.51. The molecular formula is C15H21ClN2O3S. The molecule has 1 unspecified atom stereocenters. The van der Waals surface area contributed by atoms with Crippen LogP contribution in [0.15, 0.2) is 18.2 Å². The molecule has 122 valence electrons. The van der Waals surface area contributed by atoms with Gasteiger partial charge in [-0.1, -0.05) is 11.6 Å². The van der Waals surface area contributed by atoms with Crippen LogP contribution in [0, 0.1) is 0 Å². The number of methoxy groups -OCH3 is 1. The number of amides is 1. The zero-order chi connectivity index (χ0) is 16.2. The first-order chi connectivity index (χ1) is 10.5. The average Bonchev–Trinajstić information content (AvgIpc) is 2.50. The minimum atomic E-state index is -0.992. The molecule has 1 atom stereocenters. The van der Waals surface area contributed by atoms with Crippen LogP contribution in [-0.2, 0) is 26.1 Å². The van der Waals surface area contributed by atoms with Gasteiger partial charge in [0.15, 0.2) is 0 Å². The van der Waals surface area contributed by atoms with Crippen LogP contribution < -0.4 is 10.6 Å². The van der Waals surface area contributed by atoms with Crippen molar-refractivity contribution in [3.8, 4) is 0 Å². The Labute approximate surface area is 138 Å². The van der Waals surface area contributed by atoms with Gasteiger partial charge in [-0.3, -0.25) is 9.00 Å². The molecule has 0 aliphatic carbocycles. The number of carbonyl (C=O) groups is 1. The van der Waals surface area contributed by atoms with E-state index >= 15 is 0 Å². The van der Waals surface area contributed by atoms with Crippen molar-refractivity contribution in [2.75, 3.05) is 31.8 Å². The quantitative estimate of drug-likeness (QED) is 0.856. The highest BCUT2D eigenvalue weighted by Gasteiger charge is 2.39. The van der Waals surface area contributed by atoms with Crippen LogP contribution in [-0.4, -0.2) is 42.2 Å². The van der Waals surface area contributed by atoms with E-state index in [1.165, 1.54) is 0 Å². The SMILES string of the molecule is COC1(C(=O)Nc2ccc(Cl)c(CS(C)=O)c2)CCNCC1. The Bertz CT molecular complexity index is 574. The lowest BCUT2D eigenvalue weighted by atomic mass is 9.91. The van der Waals surface area contributed by atoms with E-state index in [1.54, 1.807) is 31.6 Å². The number of hydrogen-bond donors (Lipinski definition) is 2. The molecule has 1 aromatic rings. The summed E-state index contributed by atoms with van der Waals surface area (Å²) in [4.78, 5) is 12.6. The number of anilines is 1. The molecule has 0 radical (unpaired) electrons. The Morgan fingerprint density at radius 3 is 2.73 bits per heavy atom. The van der Waals surface area contributed by atoms with Gasteiger partial charge in [-0.15, -0.1) is 0 Å². The second-order valence-electron chi connectivity index (χ2n) is 5.43. The summed E-state index contributed by atoms with van der Waals surface area (Å²) in [6.45, 7) is 1.50. The van der Waals surface area contributed by atoms with Gasteiger partial charge in [-0.2, -0.15) is 0 Å². The van der Waals surface area contributed by atoms with Crippen LogP contribution >= 0.6 is 11.6 Å². The topological polar surface area (TPSA) is 67.4 Å². The maximum absolute atomic E-state index is 12.6. The summed E-state index contributed by atoms with van der Waals surface area (Å²) >= 11 is 6.10. The Kier molecular flexibility index (Phi) is 5.97. The van der Waals surface area contributed by atoms with Crippen LogP contribution in [0.5, 0.6) is 0 Å². The zero-order valence-electron chi connectivity index (χ0n) is 12.8. The van der Waals surface area contributed by atoms with Gasteiger partial charge in [0.2, 0.25) is 0 Å². The molecular weight excluding hydrogens is 324 g/mol. The van der Waals surface area contributed by atoms with Crippen molar-refractivity contribution in [3.63, 3.8) is 0 Å². The first-order valence-corrected chi connectivity index (χ1v) is 9.23. The minimum Gasteiger partial charge on any atom is -0.368 e. The third-order valence-electron chi connectivity index (χ3n) is 3.88. The van der Waals surface area contributed by atoms with E-state index in [1.807, 2.05) is 0 Å². The van der Waals surface area contributed by atoms with Crippen LogP contribution in [0.3, 0.4) is 0 Å². The zero-order valence-corrected chi connectivity index (χ0v) is 14.4. The van der Waals surface area contributed by atoms with Gasteiger partial charge >= 0.3 is 0 Å². The summed E-state index contributed by atoms with van der Waals surface area (Å²) in [6.07, 6.45) is 2.89. The molecule has 1 heterocycles. The molecule has 2 N–H and O–H groups in total. The highest BCUT2D eigenvalue weighted by Crippen LogP contribution is 2.26. The summed E-state index contributed by atoms with van der Waals surface area (Å²) in [5.41, 5.74) is 0.611. The van der Waals surface area contributed by atoms with Crippen molar-refractivity contribution in [2.45, 2.75) is 24.2 Å². The van der Waals surface area contributed by atoms with Crippen molar-refractivity contribution in [1.29, 1.82) is 0 Å². The van der Waals surface area contributed by atoms with Crippen LogP contribution in [0.4, 0.5) is 5.69 Å². The summed E-state index contributed by atoms with van der Waals surface area (Å²) in [5.74, 6) is 0.212. The number of benzene rings is 1. The molecule has 2 rings (SSSR count). The first-order valence-electron chi connectivity index (χ1n) is 7.12. The van der Waals surface area contributed by atoms with Gasteiger partial charge in [0, 0.05) is 40.6 Å². The monoisotopic (exact) mass is 344 g/mol. The smallest absolute Gasteiger partial charge is 0.256 e. The van der Waals surface area contributed by atoms with Crippen LogP contribution in [0.25, 0.3) is 0 Å². The van der Waals surface area contributed by atoms with E-state index in [0.717, 1.165) is 18.7 Å². The van der Waals surface area contributed by atoms with Crippen LogP contribution in [0.2, 0.25) is 5.02 Å². The van der Waals surface area contributed by atoms with E-state index in [9.17, 15) is 9.00 Å². The number of hydrogen-bond acceptors (Lipinski definition) is 4. The molecule has 0 aromatic heterocycles. The molecule has 1 saturated heterocycles. The highest BCUT2D eigenvalue weighted by molar-refractivity contribution is 7.83. The molecule has 1 aliphatic rings. The molecule has 0 saturated carbocycles. The highest BCUT2D eigenvalue weighted by atomic mass is 35.5. The summed E-state index contributed by atoms with van der Waals surface area (Å²) in [6, 6.07) is 5.22. The third-order valence-corrected chi connectivity index (χ3v) is 4.96. The molecule has 0 bridgehead atoms. The van der Waals surface area contributed by atoms with E-state index in [-0.39, 0.29) is 5.91 Å². The molecule has 1 aliphatic heterocycles. The van der Waals surface area contributed by atoms with Gasteiger partial charge in [0.1, 0.15) is 5.60 Å². The number of piperidine rings is 1. The molecule has 1 fully saturated rings. The predicted octanol–water partition coefficient (Wildman–Crippen LogP) is 1.93. The van der Waals surface area contributed by atoms with Crippen molar-refractivity contribution < 1.29 is 13.7 Å². The van der Waals surface area contributed by atoms with E-state index in [4.69, 9.17) is 16.3 Å². The normalized spacial score (nSPS) is 18.7. The first kappa shape index (κ1) is 17.4. The Hall–Kier alpha value is -0.950. The number of halogens is 1. The molecule has 1 aromatic carbocycles. The summed E-state index contributed by atoms with van der Waals surface area (Å²) in [5, 5.41) is 6.67. The fourth-order valence-corrected chi connectivity index (χ4v) is 3.52. The van der Waals surface area contributed by atoms with Crippen molar-refractivity contribution in [2.24, 2.45) is 0 Å². The van der Waals surface area contributed by atoms with Gasteiger partial charge in [0.05, 0.1) is 0 Å². The van der Waals surface area contributed by atoms with E-state index in [0.29, 0.717) is 29.3 Å². The average molecular weight is 345 g/mol. The van der Waals surface area contributed by atoms with Crippen molar-refractivity contribution in [1.82, 2.24) is 5.32 Å². The number of rotatable bonds is 5. The minimum absolute atomic E-state index is 0.151. The molecule has 22 heavy (non-hydrogen) atoms. The predicted molar refractivity (Wildman–Crippen MR) is 89.7 cm³/mol. The molecule has 7 heteroatoms. The maximum atomic E-state index is 12.6. The van der Waals surface area contributed by atoms with E-state index < -0.39 is 16.4 Å². The van der Waals surface area contributed by atoms with Gasteiger partial charge in [0.25, 0.3) is 5.91 Å². The number of ether oxygens (including phenoxy) is 1. The lowest BCUT2D eigenvalue weighted by Gasteiger charge is -2.34. The molecule has 0 spiro atoms. The summed E-state index contributed by atoms with van der Waals surface area (Å²) in [7, 11) is 0.576. The fraction of sp³-hybridized carbons (Fsp3) is 0.533. The van der Waals surface area contributed by atoms with Gasteiger partial charge in [-0.05, 0) is 49.7 Å².